The van der Waals surface area contributed by atoms with Gasteiger partial charge >= 0.3 is 6.03 Å². The minimum Gasteiger partial charge on any atom is -0.345 e. The Morgan fingerprint density at radius 1 is 1.30 bits per heavy atom. The van der Waals surface area contributed by atoms with Gasteiger partial charge in [0, 0.05) is 50.9 Å². The molecule has 2 aliphatic rings. The van der Waals surface area contributed by atoms with Crippen molar-refractivity contribution in [1.82, 2.24) is 20.1 Å². The number of hydrogen-bond acceptors (Lipinski definition) is 4. The van der Waals surface area contributed by atoms with E-state index in [4.69, 9.17) is 0 Å². The third-order valence-electron chi connectivity index (χ3n) is 5.53. The van der Waals surface area contributed by atoms with Gasteiger partial charge in [0.15, 0.2) is 0 Å². The number of nitrogens with zero attached hydrogens (tertiary/aromatic N) is 3. The predicted octanol–water partition coefficient (Wildman–Crippen LogP) is 1.97. The van der Waals surface area contributed by atoms with E-state index in [0.717, 1.165) is 31.4 Å². The van der Waals surface area contributed by atoms with Crippen LogP contribution in [0.1, 0.15) is 44.2 Å². The van der Waals surface area contributed by atoms with Crippen molar-refractivity contribution in [2.24, 2.45) is 5.92 Å². The summed E-state index contributed by atoms with van der Waals surface area (Å²) in [6.45, 7) is 0.899. The van der Waals surface area contributed by atoms with Crippen molar-refractivity contribution in [3.8, 4) is 0 Å². The van der Waals surface area contributed by atoms with Crippen molar-refractivity contribution >= 4 is 17.8 Å². The number of carbonyl (C=O) groups is 3. The first-order valence-corrected chi connectivity index (χ1v) is 9.82. The Labute approximate surface area is 160 Å². The molecule has 0 aromatic carbocycles. The number of carbonyl (C=O) groups excluding carboxylic acids is 3. The largest absolute Gasteiger partial charge is 0.345 e. The van der Waals surface area contributed by atoms with E-state index in [1.807, 2.05) is 18.2 Å². The van der Waals surface area contributed by atoms with Crippen LogP contribution in [0, 0.1) is 5.92 Å². The van der Waals surface area contributed by atoms with E-state index in [2.05, 4.69) is 10.3 Å². The molecule has 0 radical (unpaired) electrons. The van der Waals surface area contributed by atoms with E-state index < -0.39 is 0 Å². The highest BCUT2D eigenvalue weighted by atomic mass is 16.2. The molecule has 1 N–H and O–H groups in total. The lowest BCUT2D eigenvalue weighted by molar-refractivity contribution is -0.137. The molecule has 2 heterocycles. The fourth-order valence-corrected chi connectivity index (χ4v) is 3.88. The average Bonchev–Trinajstić information content (AvgIpc) is 2.69. The van der Waals surface area contributed by atoms with Gasteiger partial charge in [0.2, 0.25) is 11.8 Å². The van der Waals surface area contributed by atoms with Gasteiger partial charge in [-0.25, -0.2) is 4.79 Å². The second-order valence-electron chi connectivity index (χ2n) is 7.43. The molecular formula is C20H28N4O3. The third kappa shape index (κ3) is 4.84. The second kappa shape index (κ2) is 8.97. The van der Waals surface area contributed by atoms with Crippen LogP contribution in [0.15, 0.2) is 24.4 Å². The summed E-state index contributed by atoms with van der Waals surface area (Å²) in [6.07, 6.45) is 7.09. The number of imide groups is 1. The van der Waals surface area contributed by atoms with E-state index in [9.17, 15) is 14.4 Å². The van der Waals surface area contributed by atoms with Crippen LogP contribution >= 0.6 is 0 Å². The van der Waals surface area contributed by atoms with Crippen LogP contribution in [0.3, 0.4) is 0 Å². The lowest BCUT2D eigenvalue weighted by Gasteiger charge is -2.40. The van der Waals surface area contributed by atoms with Crippen molar-refractivity contribution < 1.29 is 14.4 Å². The van der Waals surface area contributed by atoms with Crippen LogP contribution in [0.25, 0.3) is 0 Å². The Morgan fingerprint density at radius 2 is 2.11 bits per heavy atom. The van der Waals surface area contributed by atoms with E-state index in [1.54, 1.807) is 18.1 Å². The van der Waals surface area contributed by atoms with Gasteiger partial charge in [0.25, 0.3) is 0 Å². The maximum absolute atomic E-state index is 12.6. The van der Waals surface area contributed by atoms with Gasteiger partial charge in [-0.2, -0.15) is 0 Å². The summed E-state index contributed by atoms with van der Waals surface area (Å²) in [7, 11) is 1.77. The number of rotatable bonds is 7. The lowest BCUT2D eigenvalue weighted by atomic mass is 9.82. The first kappa shape index (κ1) is 19.3. The summed E-state index contributed by atoms with van der Waals surface area (Å²) in [4.78, 5) is 44.4. The van der Waals surface area contributed by atoms with Gasteiger partial charge in [-0.1, -0.05) is 18.9 Å². The third-order valence-corrected chi connectivity index (χ3v) is 5.53. The summed E-state index contributed by atoms with van der Waals surface area (Å²) >= 11 is 0. The molecule has 2 atom stereocenters. The molecular weight excluding hydrogens is 344 g/mol. The Bertz CT molecular complexity index is 679. The maximum Gasteiger partial charge on any atom is 0.324 e. The minimum atomic E-state index is -0.306. The molecule has 27 heavy (non-hydrogen) atoms. The molecule has 1 aromatic heterocycles. The fourth-order valence-electron chi connectivity index (χ4n) is 3.88. The normalized spacial score (nSPS) is 22.2. The Hall–Kier alpha value is -2.44. The highest BCUT2D eigenvalue weighted by Crippen LogP contribution is 2.29. The number of nitrogens with one attached hydrogen (secondary N) is 1. The molecule has 7 heteroatoms. The minimum absolute atomic E-state index is 0.00522. The monoisotopic (exact) mass is 372 g/mol. The van der Waals surface area contributed by atoms with Gasteiger partial charge in [-0.3, -0.25) is 19.5 Å². The zero-order valence-electron chi connectivity index (χ0n) is 15.9. The Kier molecular flexibility index (Phi) is 6.42. The molecule has 1 aromatic rings. The Balaban J connectivity index is 1.42. The molecule has 1 saturated carbocycles. The smallest absolute Gasteiger partial charge is 0.324 e. The van der Waals surface area contributed by atoms with E-state index in [-0.39, 0.29) is 29.8 Å². The first-order valence-electron chi connectivity index (χ1n) is 9.82. The van der Waals surface area contributed by atoms with Crippen molar-refractivity contribution in [2.75, 3.05) is 20.1 Å². The summed E-state index contributed by atoms with van der Waals surface area (Å²) < 4.78 is 0. The predicted molar refractivity (Wildman–Crippen MR) is 101 cm³/mol. The maximum atomic E-state index is 12.6. The molecule has 146 valence electrons. The molecule has 3 rings (SSSR count). The van der Waals surface area contributed by atoms with E-state index in [0.29, 0.717) is 32.4 Å². The number of fused-ring (bicyclic) bond motifs is 1. The molecule has 2 unspecified atom stereocenters. The number of aromatic nitrogens is 1. The topological polar surface area (TPSA) is 82.6 Å². The molecule has 1 aliphatic heterocycles. The van der Waals surface area contributed by atoms with Crippen LogP contribution in [-0.4, -0.2) is 58.8 Å². The van der Waals surface area contributed by atoms with Crippen molar-refractivity contribution in [2.45, 2.75) is 51.0 Å². The van der Waals surface area contributed by atoms with E-state index in [1.165, 1.54) is 4.90 Å². The lowest BCUT2D eigenvalue weighted by Crippen LogP contribution is -2.60. The molecule has 4 amide bonds. The van der Waals surface area contributed by atoms with Gasteiger partial charge in [-0.15, -0.1) is 0 Å². The van der Waals surface area contributed by atoms with Crippen molar-refractivity contribution in [3.05, 3.63) is 30.1 Å². The van der Waals surface area contributed by atoms with Crippen LogP contribution in [0.5, 0.6) is 0 Å². The molecule has 0 spiro atoms. The van der Waals surface area contributed by atoms with Gasteiger partial charge in [-0.05, 0) is 31.4 Å². The van der Waals surface area contributed by atoms with Crippen LogP contribution in [0.4, 0.5) is 4.79 Å². The fraction of sp³-hybridized carbons (Fsp3) is 0.600. The van der Waals surface area contributed by atoms with Gasteiger partial charge in [0.1, 0.15) is 0 Å². The van der Waals surface area contributed by atoms with Crippen LogP contribution in [0.2, 0.25) is 0 Å². The Morgan fingerprint density at radius 3 is 2.89 bits per heavy atom. The molecule has 2 fully saturated rings. The highest BCUT2D eigenvalue weighted by Gasteiger charge is 2.41. The quantitative estimate of drug-likeness (QED) is 0.793. The number of urea groups is 1. The summed E-state index contributed by atoms with van der Waals surface area (Å²) in [5.74, 6) is -0.140. The molecule has 1 aliphatic carbocycles. The van der Waals surface area contributed by atoms with E-state index >= 15 is 0 Å². The van der Waals surface area contributed by atoms with Crippen LogP contribution < -0.4 is 5.32 Å². The molecule has 7 nitrogen and oxygen atoms in total. The summed E-state index contributed by atoms with van der Waals surface area (Å²) in [6, 6.07) is 5.43. The summed E-state index contributed by atoms with van der Waals surface area (Å²) in [5, 5.41) is 2.96. The number of pyridine rings is 1. The van der Waals surface area contributed by atoms with Crippen molar-refractivity contribution in [3.63, 3.8) is 0 Å². The average molecular weight is 372 g/mol. The molecule has 1 saturated heterocycles. The van der Waals surface area contributed by atoms with Gasteiger partial charge in [0.05, 0.1) is 5.92 Å². The standard InChI is InChI=1S/C20H28N4O3/c1-23(14-11-15-7-4-5-12-21-15)18(25)10-6-13-24-19(26)16-8-2-3-9-17(16)22-20(24)27/h4-5,7,12,16-17H,2-3,6,8-11,13-14H2,1H3,(H,22,27). The first-order chi connectivity index (χ1) is 13.1. The van der Waals surface area contributed by atoms with Crippen molar-refractivity contribution in [1.29, 1.82) is 0 Å². The molecule has 0 bridgehead atoms. The number of amides is 4. The number of likely N-dealkylation sites (N-methyl/N-ethyl adjacent to an activating group) is 1. The van der Waals surface area contributed by atoms with Gasteiger partial charge < -0.3 is 10.2 Å². The SMILES string of the molecule is CN(CCc1ccccn1)C(=O)CCCN1C(=O)NC2CCCCC2C1=O. The zero-order chi connectivity index (χ0) is 19.2. The zero-order valence-corrected chi connectivity index (χ0v) is 15.9. The van der Waals surface area contributed by atoms with Crippen LogP contribution in [-0.2, 0) is 16.0 Å². The number of hydrogen-bond donors (Lipinski definition) is 1. The second-order valence-corrected chi connectivity index (χ2v) is 7.43. The summed E-state index contributed by atoms with van der Waals surface area (Å²) in [5.41, 5.74) is 0.953. The highest BCUT2D eigenvalue weighted by molar-refractivity contribution is 5.98.